The van der Waals surface area contributed by atoms with Crippen molar-refractivity contribution in [2.75, 3.05) is 13.0 Å². The summed E-state index contributed by atoms with van der Waals surface area (Å²) in [5.74, 6) is 0.261. The van der Waals surface area contributed by atoms with E-state index < -0.39 is 0 Å². The minimum Gasteiger partial charge on any atom is -0.466 e. The molecule has 0 atom stereocenters. The SMILES string of the molecule is COC(=O)/C(=C/c1ccccc1)CCCCl. The number of rotatable bonds is 5. The predicted molar refractivity (Wildman–Crippen MR) is 66.4 cm³/mol. The van der Waals surface area contributed by atoms with E-state index in [1.807, 2.05) is 36.4 Å². The number of esters is 1. The van der Waals surface area contributed by atoms with Crippen molar-refractivity contribution >= 4 is 23.6 Å². The maximum absolute atomic E-state index is 11.5. The van der Waals surface area contributed by atoms with Crippen molar-refractivity contribution in [1.29, 1.82) is 0 Å². The molecule has 0 amide bonds. The summed E-state index contributed by atoms with van der Waals surface area (Å²) in [5, 5.41) is 0. The third kappa shape index (κ3) is 4.07. The lowest BCUT2D eigenvalue weighted by molar-refractivity contribution is -0.136. The van der Waals surface area contributed by atoms with Gasteiger partial charge in [-0.25, -0.2) is 4.79 Å². The van der Waals surface area contributed by atoms with Gasteiger partial charge in [-0.1, -0.05) is 30.3 Å². The second-order valence-electron chi connectivity index (χ2n) is 3.36. The summed E-state index contributed by atoms with van der Waals surface area (Å²) >= 11 is 5.62. The number of halogens is 1. The minimum absolute atomic E-state index is 0.283. The summed E-state index contributed by atoms with van der Waals surface area (Å²) in [6.45, 7) is 0. The van der Waals surface area contributed by atoms with Crippen molar-refractivity contribution in [2.45, 2.75) is 12.8 Å². The first-order chi connectivity index (χ1) is 7.77. The zero-order chi connectivity index (χ0) is 11.8. The maximum Gasteiger partial charge on any atom is 0.333 e. The molecule has 86 valence electrons. The topological polar surface area (TPSA) is 26.3 Å². The molecule has 0 aromatic heterocycles. The number of carbonyl (C=O) groups is 1. The molecule has 2 nitrogen and oxygen atoms in total. The summed E-state index contributed by atoms with van der Waals surface area (Å²) in [5.41, 5.74) is 1.66. The van der Waals surface area contributed by atoms with Crippen LogP contribution in [0.25, 0.3) is 6.08 Å². The van der Waals surface area contributed by atoms with Crippen LogP contribution >= 0.6 is 11.6 Å². The molecule has 0 radical (unpaired) electrons. The van der Waals surface area contributed by atoms with Gasteiger partial charge in [0.05, 0.1) is 7.11 Å². The lowest BCUT2D eigenvalue weighted by Gasteiger charge is -2.04. The average molecular weight is 239 g/mol. The number of alkyl halides is 1. The van der Waals surface area contributed by atoms with Crippen LogP contribution in [0.4, 0.5) is 0 Å². The van der Waals surface area contributed by atoms with Gasteiger partial charge < -0.3 is 4.74 Å². The van der Waals surface area contributed by atoms with Gasteiger partial charge in [-0.15, -0.1) is 11.6 Å². The molecule has 1 rings (SSSR count). The Bertz CT molecular complexity index is 357. The van der Waals surface area contributed by atoms with Crippen LogP contribution in [0.5, 0.6) is 0 Å². The summed E-state index contributed by atoms with van der Waals surface area (Å²) < 4.78 is 4.73. The number of hydrogen-bond donors (Lipinski definition) is 0. The standard InChI is InChI=1S/C13H15ClO2/c1-16-13(15)12(8-5-9-14)10-11-6-3-2-4-7-11/h2-4,6-7,10H,5,8-9H2,1H3/b12-10+. The molecule has 1 aromatic carbocycles. The van der Waals surface area contributed by atoms with Gasteiger partial charge in [-0.3, -0.25) is 0 Å². The van der Waals surface area contributed by atoms with E-state index >= 15 is 0 Å². The first kappa shape index (κ1) is 12.8. The van der Waals surface area contributed by atoms with E-state index in [0.717, 1.165) is 12.0 Å². The van der Waals surface area contributed by atoms with Crippen molar-refractivity contribution < 1.29 is 9.53 Å². The quantitative estimate of drug-likeness (QED) is 0.447. The minimum atomic E-state index is -0.283. The summed E-state index contributed by atoms with van der Waals surface area (Å²) in [6, 6.07) is 9.70. The molecular formula is C13H15ClO2. The molecule has 16 heavy (non-hydrogen) atoms. The molecule has 0 aliphatic carbocycles. The molecule has 0 heterocycles. The lowest BCUT2D eigenvalue weighted by atomic mass is 10.1. The van der Waals surface area contributed by atoms with E-state index in [1.165, 1.54) is 7.11 Å². The molecule has 0 aliphatic rings. The van der Waals surface area contributed by atoms with Crippen LogP contribution < -0.4 is 0 Å². The average Bonchev–Trinajstić information content (AvgIpc) is 2.34. The third-order valence-electron chi connectivity index (χ3n) is 2.17. The molecule has 1 aromatic rings. The molecule has 0 saturated heterocycles. The number of ether oxygens (including phenoxy) is 1. The van der Waals surface area contributed by atoms with Crippen LogP contribution in [0.3, 0.4) is 0 Å². The first-order valence-electron chi connectivity index (χ1n) is 5.18. The van der Waals surface area contributed by atoms with Crippen molar-refractivity contribution in [2.24, 2.45) is 0 Å². The Hall–Kier alpha value is -1.28. The molecule has 0 aliphatic heterocycles. The van der Waals surface area contributed by atoms with Crippen molar-refractivity contribution in [3.63, 3.8) is 0 Å². The van der Waals surface area contributed by atoms with E-state index in [1.54, 1.807) is 0 Å². The fraction of sp³-hybridized carbons (Fsp3) is 0.308. The lowest BCUT2D eigenvalue weighted by Crippen LogP contribution is -2.05. The monoisotopic (exact) mass is 238 g/mol. The van der Waals surface area contributed by atoms with Gasteiger partial charge >= 0.3 is 5.97 Å². The van der Waals surface area contributed by atoms with Crippen molar-refractivity contribution in [1.82, 2.24) is 0 Å². The molecule has 0 unspecified atom stereocenters. The summed E-state index contributed by atoms with van der Waals surface area (Å²) in [4.78, 5) is 11.5. The molecule has 0 spiro atoms. The maximum atomic E-state index is 11.5. The Morgan fingerprint density at radius 3 is 2.62 bits per heavy atom. The number of benzene rings is 1. The van der Waals surface area contributed by atoms with E-state index in [-0.39, 0.29) is 5.97 Å². The summed E-state index contributed by atoms with van der Waals surface area (Å²) in [7, 11) is 1.39. The van der Waals surface area contributed by atoms with Gasteiger partial charge in [0.25, 0.3) is 0 Å². The molecule has 3 heteroatoms. The van der Waals surface area contributed by atoms with E-state index in [9.17, 15) is 4.79 Å². The second kappa shape index (κ2) is 7.07. The summed E-state index contributed by atoms with van der Waals surface area (Å²) in [6.07, 6.45) is 3.26. The molecule has 0 fully saturated rings. The third-order valence-corrected chi connectivity index (χ3v) is 2.44. The fourth-order valence-electron chi connectivity index (χ4n) is 1.37. The zero-order valence-corrected chi connectivity index (χ0v) is 10.0. The zero-order valence-electron chi connectivity index (χ0n) is 9.28. The number of hydrogen-bond acceptors (Lipinski definition) is 2. The largest absolute Gasteiger partial charge is 0.466 e. The highest BCUT2D eigenvalue weighted by Crippen LogP contribution is 2.13. The molecule has 0 saturated carbocycles. The second-order valence-corrected chi connectivity index (χ2v) is 3.74. The highest BCUT2D eigenvalue weighted by molar-refractivity contribution is 6.17. The van der Waals surface area contributed by atoms with Crippen LogP contribution in [-0.4, -0.2) is 19.0 Å². The number of carbonyl (C=O) groups excluding carboxylic acids is 1. The van der Waals surface area contributed by atoms with Crippen molar-refractivity contribution in [3.8, 4) is 0 Å². The van der Waals surface area contributed by atoms with Gasteiger partial charge in [0.2, 0.25) is 0 Å². The molecule has 0 N–H and O–H groups in total. The van der Waals surface area contributed by atoms with Gasteiger partial charge in [-0.2, -0.15) is 0 Å². The Morgan fingerprint density at radius 2 is 2.06 bits per heavy atom. The van der Waals surface area contributed by atoms with Gasteiger partial charge in [0.1, 0.15) is 0 Å². The molecule has 0 bridgehead atoms. The molecular weight excluding hydrogens is 224 g/mol. The smallest absolute Gasteiger partial charge is 0.333 e. The Kier molecular flexibility index (Phi) is 5.65. The van der Waals surface area contributed by atoms with Crippen LogP contribution in [0.2, 0.25) is 0 Å². The Morgan fingerprint density at radius 1 is 1.38 bits per heavy atom. The Balaban J connectivity index is 2.83. The highest BCUT2D eigenvalue weighted by atomic mass is 35.5. The van der Waals surface area contributed by atoms with Crippen LogP contribution in [-0.2, 0) is 9.53 Å². The van der Waals surface area contributed by atoms with Crippen molar-refractivity contribution in [3.05, 3.63) is 41.5 Å². The fourth-order valence-corrected chi connectivity index (χ4v) is 1.51. The predicted octanol–water partition coefficient (Wildman–Crippen LogP) is 3.26. The van der Waals surface area contributed by atoms with E-state index in [0.29, 0.717) is 17.9 Å². The van der Waals surface area contributed by atoms with Gasteiger partial charge in [0, 0.05) is 11.5 Å². The van der Waals surface area contributed by atoms with Crippen LogP contribution in [0, 0.1) is 0 Å². The van der Waals surface area contributed by atoms with Crippen LogP contribution in [0.1, 0.15) is 18.4 Å². The first-order valence-corrected chi connectivity index (χ1v) is 5.71. The normalized spacial score (nSPS) is 11.2. The Labute approximate surface area is 101 Å². The van der Waals surface area contributed by atoms with E-state index in [2.05, 4.69) is 0 Å². The van der Waals surface area contributed by atoms with Crippen LogP contribution in [0.15, 0.2) is 35.9 Å². The van der Waals surface area contributed by atoms with Gasteiger partial charge in [-0.05, 0) is 24.5 Å². The van der Waals surface area contributed by atoms with Gasteiger partial charge in [0.15, 0.2) is 0 Å². The highest BCUT2D eigenvalue weighted by Gasteiger charge is 2.08. The number of methoxy groups -OCH3 is 1. The van der Waals surface area contributed by atoms with E-state index in [4.69, 9.17) is 16.3 Å².